The van der Waals surface area contributed by atoms with Crippen LogP contribution in [0.1, 0.15) is 23.2 Å². The molecule has 102 valence electrons. The number of ether oxygens (including phenoxy) is 1. The summed E-state index contributed by atoms with van der Waals surface area (Å²) in [4.78, 5) is 3.45. The lowest BCUT2D eigenvalue weighted by Crippen LogP contribution is -2.21. The van der Waals surface area contributed by atoms with Crippen molar-refractivity contribution in [1.82, 2.24) is 4.98 Å². The van der Waals surface area contributed by atoms with E-state index in [2.05, 4.69) is 9.72 Å². The average molecular weight is 272 g/mol. The molecule has 9 heteroatoms. The Balaban J connectivity index is 3.40. The van der Waals surface area contributed by atoms with Gasteiger partial charge in [-0.3, -0.25) is 4.98 Å². The number of aliphatic hydroxyl groups excluding tert-OH is 1. The molecule has 0 aliphatic carbocycles. The van der Waals surface area contributed by atoms with Crippen molar-refractivity contribution in [1.29, 1.82) is 0 Å². The molecule has 1 heterocycles. The molecule has 1 rings (SSSR count). The SMILES string of the molecule is NCc1ncc(CO)c(C(F)F)c1OC(F)(F)F. The summed E-state index contributed by atoms with van der Waals surface area (Å²) in [5.74, 6) is -1.15. The molecule has 0 saturated heterocycles. The summed E-state index contributed by atoms with van der Waals surface area (Å²) < 4.78 is 65.4. The molecule has 0 saturated carbocycles. The fraction of sp³-hybridized carbons (Fsp3) is 0.444. The molecular weight excluding hydrogens is 263 g/mol. The van der Waals surface area contributed by atoms with Crippen molar-refractivity contribution in [2.24, 2.45) is 5.73 Å². The van der Waals surface area contributed by atoms with Gasteiger partial charge in [-0.15, -0.1) is 13.2 Å². The summed E-state index contributed by atoms with van der Waals surface area (Å²) in [5.41, 5.74) is 3.16. The monoisotopic (exact) mass is 272 g/mol. The number of halogens is 5. The Bertz CT molecular complexity index is 422. The minimum Gasteiger partial charge on any atom is -0.403 e. The highest BCUT2D eigenvalue weighted by atomic mass is 19.4. The van der Waals surface area contributed by atoms with Gasteiger partial charge in [-0.2, -0.15) is 0 Å². The quantitative estimate of drug-likeness (QED) is 0.821. The van der Waals surface area contributed by atoms with Crippen LogP contribution in [0.5, 0.6) is 5.75 Å². The van der Waals surface area contributed by atoms with Gasteiger partial charge in [-0.05, 0) is 0 Å². The maximum atomic E-state index is 12.7. The zero-order valence-electron chi connectivity index (χ0n) is 8.84. The Morgan fingerprint density at radius 1 is 1.39 bits per heavy atom. The third-order valence-corrected chi connectivity index (χ3v) is 2.03. The highest BCUT2D eigenvalue weighted by molar-refractivity contribution is 5.43. The van der Waals surface area contributed by atoms with Crippen LogP contribution in [0.15, 0.2) is 6.20 Å². The molecule has 0 bridgehead atoms. The molecule has 1 aromatic heterocycles. The van der Waals surface area contributed by atoms with E-state index >= 15 is 0 Å². The van der Waals surface area contributed by atoms with E-state index in [9.17, 15) is 22.0 Å². The molecule has 4 nitrogen and oxygen atoms in total. The van der Waals surface area contributed by atoms with Crippen LogP contribution in [-0.2, 0) is 13.2 Å². The van der Waals surface area contributed by atoms with Crippen LogP contribution in [0, 0.1) is 0 Å². The van der Waals surface area contributed by atoms with Crippen molar-refractivity contribution in [3.8, 4) is 5.75 Å². The first-order valence-electron chi connectivity index (χ1n) is 4.65. The van der Waals surface area contributed by atoms with Crippen molar-refractivity contribution in [2.75, 3.05) is 0 Å². The molecule has 18 heavy (non-hydrogen) atoms. The second-order valence-corrected chi connectivity index (χ2v) is 3.18. The minimum atomic E-state index is -5.15. The summed E-state index contributed by atoms with van der Waals surface area (Å²) in [6.07, 6.45) is -7.56. The Morgan fingerprint density at radius 3 is 2.39 bits per heavy atom. The first kappa shape index (κ1) is 14.6. The number of aromatic nitrogens is 1. The van der Waals surface area contributed by atoms with Gasteiger partial charge < -0.3 is 15.6 Å². The minimum absolute atomic E-state index is 0.443. The number of alkyl halides is 5. The first-order chi connectivity index (χ1) is 8.30. The Morgan fingerprint density at radius 2 is 2.00 bits per heavy atom. The maximum Gasteiger partial charge on any atom is 0.573 e. The summed E-state index contributed by atoms with van der Waals surface area (Å²) >= 11 is 0. The summed E-state index contributed by atoms with van der Waals surface area (Å²) in [6.45, 7) is -1.39. The third-order valence-electron chi connectivity index (χ3n) is 2.03. The lowest BCUT2D eigenvalue weighted by Gasteiger charge is -2.17. The molecule has 0 amide bonds. The zero-order chi connectivity index (χ0) is 13.9. The van der Waals surface area contributed by atoms with Crippen molar-refractivity contribution in [3.05, 3.63) is 23.0 Å². The lowest BCUT2D eigenvalue weighted by atomic mass is 10.1. The molecular formula is C9H9F5N2O2. The van der Waals surface area contributed by atoms with Crippen molar-refractivity contribution in [2.45, 2.75) is 25.9 Å². The molecule has 0 radical (unpaired) electrons. The third kappa shape index (κ3) is 3.26. The topological polar surface area (TPSA) is 68.4 Å². The van der Waals surface area contributed by atoms with E-state index in [1.807, 2.05) is 0 Å². The number of aliphatic hydroxyl groups is 1. The van der Waals surface area contributed by atoms with Gasteiger partial charge in [0.25, 0.3) is 6.43 Å². The highest BCUT2D eigenvalue weighted by Gasteiger charge is 2.35. The number of hydrogen-bond donors (Lipinski definition) is 2. The van der Waals surface area contributed by atoms with E-state index in [0.717, 1.165) is 6.20 Å². The second-order valence-electron chi connectivity index (χ2n) is 3.18. The Kier molecular flexibility index (Phi) is 4.41. The molecule has 0 aliphatic rings. The van der Waals surface area contributed by atoms with Gasteiger partial charge in [0.2, 0.25) is 0 Å². The van der Waals surface area contributed by atoms with Gasteiger partial charge >= 0.3 is 6.36 Å². The molecule has 0 fully saturated rings. The summed E-state index contributed by atoms with van der Waals surface area (Å²) in [7, 11) is 0. The first-order valence-corrected chi connectivity index (χ1v) is 4.65. The van der Waals surface area contributed by atoms with Crippen LogP contribution >= 0.6 is 0 Å². The fourth-order valence-electron chi connectivity index (χ4n) is 1.33. The van der Waals surface area contributed by atoms with Gasteiger partial charge in [0.1, 0.15) is 0 Å². The van der Waals surface area contributed by atoms with Crippen LogP contribution in [0.4, 0.5) is 22.0 Å². The van der Waals surface area contributed by atoms with E-state index < -0.39 is 48.5 Å². The zero-order valence-corrected chi connectivity index (χ0v) is 8.84. The average Bonchev–Trinajstić information content (AvgIpc) is 2.25. The second kappa shape index (κ2) is 5.44. The predicted octanol–water partition coefficient (Wildman–Crippen LogP) is 1.87. The maximum absolute atomic E-state index is 12.7. The summed E-state index contributed by atoms with van der Waals surface area (Å²) in [6, 6.07) is 0. The van der Waals surface area contributed by atoms with Gasteiger partial charge in [0.15, 0.2) is 5.75 Å². The van der Waals surface area contributed by atoms with Gasteiger partial charge in [0, 0.05) is 18.3 Å². The smallest absolute Gasteiger partial charge is 0.403 e. The molecule has 0 spiro atoms. The van der Waals surface area contributed by atoms with Crippen LogP contribution in [-0.4, -0.2) is 16.5 Å². The molecule has 0 atom stereocenters. The lowest BCUT2D eigenvalue weighted by molar-refractivity contribution is -0.275. The molecule has 3 N–H and O–H groups in total. The van der Waals surface area contributed by atoms with Crippen LogP contribution < -0.4 is 10.5 Å². The molecule has 0 unspecified atom stereocenters. The normalized spacial score (nSPS) is 12.0. The van der Waals surface area contributed by atoms with E-state index in [1.165, 1.54) is 0 Å². The van der Waals surface area contributed by atoms with Crippen LogP contribution in [0.25, 0.3) is 0 Å². The van der Waals surface area contributed by atoms with Gasteiger partial charge in [-0.1, -0.05) is 0 Å². The number of hydrogen-bond acceptors (Lipinski definition) is 4. The van der Waals surface area contributed by atoms with Crippen LogP contribution in [0.3, 0.4) is 0 Å². The Hall–Kier alpha value is -1.48. The van der Waals surface area contributed by atoms with E-state index in [1.54, 1.807) is 0 Å². The largest absolute Gasteiger partial charge is 0.573 e. The molecule has 0 aromatic carbocycles. The number of pyridine rings is 1. The van der Waals surface area contributed by atoms with Gasteiger partial charge in [-0.25, -0.2) is 8.78 Å². The van der Waals surface area contributed by atoms with E-state index in [-0.39, 0.29) is 0 Å². The fourth-order valence-corrected chi connectivity index (χ4v) is 1.33. The van der Waals surface area contributed by atoms with Crippen LogP contribution in [0.2, 0.25) is 0 Å². The number of rotatable bonds is 4. The van der Waals surface area contributed by atoms with Gasteiger partial charge in [0.05, 0.1) is 17.9 Å². The molecule has 0 aliphatic heterocycles. The number of nitrogens with zero attached hydrogens (tertiary/aromatic N) is 1. The van der Waals surface area contributed by atoms with E-state index in [4.69, 9.17) is 10.8 Å². The van der Waals surface area contributed by atoms with Crippen molar-refractivity contribution < 1.29 is 31.8 Å². The molecule has 1 aromatic rings. The standard InChI is InChI=1S/C9H9F5N2O2/c10-8(11)6-4(3-17)2-16-5(1-15)7(6)18-9(12,13)14/h2,8,17H,1,3,15H2. The number of nitrogens with two attached hydrogens (primary N) is 1. The highest BCUT2D eigenvalue weighted by Crippen LogP contribution is 2.37. The van der Waals surface area contributed by atoms with Crippen molar-refractivity contribution in [3.63, 3.8) is 0 Å². The van der Waals surface area contributed by atoms with E-state index in [0.29, 0.717) is 0 Å². The Labute approximate surface area is 98.2 Å². The summed E-state index contributed by atoms with van der Waals surface area (Å²) in [5, 5.41) is 8.81. The predicted molar refractivity (Wildman–Crippen MR) is 49.7 cm³/mol. The van der Waals surface area contributed by atoms with Crippen molar-refractivity contribution >= 4 is 0 Å².